The molecule has 2 amide bonds. The topological polar surface area (TPSA) is 136 Å². The predicted octanol–water partition coefficient (Wildman–Crippen LogP) is 0.294. The highest BCUT2D eigenvalue weighted by atomic mass is 16.6. The minimum atomic E-state index is -0.753. The summed E-state index contributed by atoms with van der Waals surface area (Å²) >= 11 is 0. The maximum absolute atomic E-state index is 11.8. The van der Waals surface area contributed by atoms with Gasteiger partial charge in [0.2, 0.25) is 5.91 Å². The Kier molecular flexibility index (Phi) is 4.41. The van der Waals surface area contributed by atoms with Crippen LogP contribution in [0, 0.1) is 10.1 Å². The molecule has 1 aromatic carbocycles. The molecule has 1 rings (SSSR count). The van der Waals surface area contributed by atoms with Crippen LogP contribution in [0.2, 0.25) is 0 Å². The van der Waals surface area contributed by atoms with Crippen molar-refractivity contribution in [3.8, 4) is 5.75 Å². The average molecular weight is 267 g/mol. The minimum absolute atomic E-state index is 0.0850. The van der Waals surface area contributed by atoms with Crippen LogP contribution in [0.4, 0.5) is 5.69 Å². The fourth-order valence-corrected chi connectivity index (χ4v) is 1.52. The summed E-state index contributed by atoms with van der Waals surface area (Å²) < 4.78 is 0. The molecule has 0 radical (unpaired) electrons. The monoisotopic (exact) mass is 267 g/mol. The number of hydrogen-bond donors (Lipinski definition) is 3. The molecular weight excluding hydrogens is 254 g/mol. The minimum Gasteiger partial charge on any atom is -0.508 e. The standard InChI is InChI=1S/C11H13N3O5/c1-6(4-10(12)16)13-11(17)8-5-7(15)2-3-9(8)14(18)19/h2-3,5-6,15H,4H2,1H3,(H2,12,16)(H,13,17). The van der Waals surface area contributed by atoms with Crippen molar-refractivity contribution in [1.82, 2.24) is 5.32 Å². The van der Waals surface area contributed by atoms with Gasteiger partial charge in [-0.2, -0.15) is 0 Å². The van der Waals surface area contributed by atoms with Crippen LogP contribution >= 0.6 is 0 Å². The second-order valence-electron chi connectivity index (χ2n) is 4.00. The quantitative estimate of drug-likeness (QED) is 0.520. The highest BCUT2D eigenvalue weighted by molar-refractivity contribution is 5.98. The zero-order chi connectivity index (χ0) is 14.6. The number of carbonyl (C=O) groups excluding carboxylic acids is 2. The van der Waals surface area contributed by atoms with Crippen LogP contribution in [0.3, 0.4) is 0 Å². The van der Waals surface area contributed by atoms with Crippen molar-refractivity contribution in [2.45, 2.75) is 19.4 Å². The Hall–Kier alpha value is -2.64. The first-order valence-corrected chi connectivity index (χ1v) is 5.38. The number of benzene rings is 1. The number of nitrogens with zero attached hydrogens (tertiary/aromatic N) is 1. The molecule has 8 heteroatoms. The molecule has 4 N–H and O–H groups in total. The van der Waals surface area contributed by atoms with E-state index in [4.69, 9.17) is 5.73 Å². The molecule has 0 aromatic heterocycles. The molecule has 1 atom stereocenters. The maximum atomic E-state index is 11.8. The summed E-state index contributed by atoms with van der Waals surface area (Å²) in [6, 6.07) is 2.57. The van der Waals surface area contributed by atoms with Gasteiger partial charge >= 0.3 is 0 Å². The summed E-state index contributed by atoms with van der Waals surface area (Å²) in [4.78, 5) is 32.6. The van der Waals surface area contributed by atoms with Crippen LogP contribution in [-0.4, -0.2) is 27.9 Å². The Labute approximate surface area is 108 Å². The Morgan fingerprint density at radius 3 is 2.68 bits per heavy atom. The first-order valence-electron chi connectivity index (χ1n) is 5.38. The lowest BCUT2D eigenvalue weighted by Crippen LogP contribution is -2.35. The van der Waals surface area contributed by atoms with E-state index in [9.17, 15) is 24.8 Å². The fourth-order valence-electron chi connectivity index (χ4n) is 1.52. The van der Waals surface area contributed by atoms with Crippen LogP contribution in [0.15, 0.2) is 18.2 Å². The van der Waals surface area contributed by atoms with Gasteiger partial charge in [-0.05, 0) is 19.1 Å². The lowest BCUT2D eigenvalue weighted by Gasteiger charge is -2.12. The Morgan fingerprint density at radius 2 is 2.16 bits per heavy atom. The number of nitrogens with one attached hydrogen (secondary N) is 1. The van der Waals surface area contributed by atoms with Crippen molar-refractivity contribution in [3.63, 3.8) is 0 Å². The molecule has 1 unspecified atom stereocenters. The number of aromatic hydroxyl groups is 1. The van der Waals surface area contributed by atoms with E-state index in [0.717, 1.165) is 18.2 Å². The van der Waals surface area contributed by atoms with Gasteiger partial charge in [0.15, 0.2) is 0 Å². The summed E-state index contributed by atoms with van der Waals surface area (Å²) in [6.45, 7) is 1.54. The normalized spacial score (nSPS) is 11.6. The second-order valence-corrected chi connectivity index (χ2v) is 4.00. The van der Waals surface area contributed by atoms with Crippen LogP contribution in [0.1, 0.15) is 23.7 Å². The van der Waals surface area contributed by atoms with Gasteiger partial charge in [-0.15, -0.1) is 0 Å². The van der Waals surface area contributed by atoms with Crippen LogP contribution < -0.4 is 11.1 Å². The average Bonchev–Trinajstić information content (AvgIpc) is 2.26. The van der Waals surface area contributed by atoms with Gasteiger partial charge in [-0.3, -0.25) is 19.7 Å². The molecule has 0 fully saturated rings. The molecule has 0 saturated heterocycles. The summed E-state index contributed by atoms with van der Waals surface area (Å²) in [5, 5.41) is 22.4. The van der Waals surface area contributed by atoms with E-state index in [1.165, 1.54) is 6.92 Å². The van der Waals surface area contributed by atoms with Crippen LogP contribution in [0.25, 0.3) is 0 Å². The lowest BCUT2D eigenvalue weighted by molar-refractivity contribution is -0.385. The van der Waals surface area contributed by atoms with Crippen molar-refractivity contribution < 1.29 is 19.6 Å². The maximum Gasteiger partial charge on any atom is 0.282 e. The zero-order valence-corrected chi connectivity index (χ0v) is 10.1. The fraction of sp³-hybridized carbons (Fsp3) is 0.273. The number of amides is 2. The largest absolute Gasteiger partial charge is 0.508 e. The number of primary amides is 1. The van der Waals surface area contributed by atoms with Crippen molar-refractivity contribution in [2.24, 2.45) is 5.73 Å². The predicted molar refractivity (Wildman–Crippen MR) is 65.5 cm³/mol. The molecule has 0 aliphatic rings. The van der Waals surface area contributed by atoms with Crippen molar-refractivity contribution in [1.29, 1.82) is 0 Å². The number of nitrogens with two attached hydrogens (primary N) is 1. The number of nitro benzene ring substituents is 1. The molecule has 102 valence electrons. The highest BCUT2D eigenvalue weighted by Crippen LogP contribution is 2.23. The van der Waals surface area contributed by atoms with E-state index in [0.29, 0.717) is 0 Å². The first kappa shape index (κ1) is 14.4. The Morgan fingerprint density at radius 1 is 1.53 bits per heavy atom. The van der Waals surface area contributed by atoms with E-state index in [-0.39, 0.29) is 17.7 Å². The third-order valence-electron chi connectivity index (χ3n) is 2.31. The molecule has 0 spiro atoms. The second kappa shape index (κ2) is 5.80. The first-order chi connectivity index (χ1) is 8.81. The van der Waals surface area contributed by atoms with Gasteiger partial charge in [-0.25, -0.2) is 0 Å². The van der Waals surface area contributed by atoms with Crippen molar-refractivity contribution in [3.05, 3.63) is 33.9 Å². The zero-order valence-electron chi connectivity index (χ0n) is 10.1. The lowest BCUT2D eigenvalue weighted by atomic mass is 10.1. The Bertz CT molecular complexity index is 529. The number of phenols is 1. The summed E-state index contributed by atoms with van der Waals surface area (Å²) in [5.41, 5.74) is 4.27. The van der Waals surface area contributed by atoms with E-state index in [1.807, 2.05) is 0 Å². The van der Waals surface area contributed by atoms with E-state index in [2.05, 4.69) is 5.32 Å². The van der Waals surface area contributed by atoms with Crippen molar-refractivity contribution >= 4 is 17.5 Å². The molecule has 0 aliphatic heterocycles. The SMILES string of the molecule is CC(CC(N)=O)NC(=O)c1cc(O)ccc1[N+](=O)[O-]. The molecule has 0 bridgehead atoms. The van der Waals surface area contributed by atoms with Gasteiger partial charge in [0.25, 0.3) is 11.6 Å². The Balaban J connectivity index is 2.95. The third kappa shape index (κ3) is 3.95. The molecule has 0 saturated carbocycles. The molecule has 1 aromatic rings. The molecular formula is C11H13N3O5. The number of hydrogen-bond acceptors (Lipinski definition) is 5. The van der Waals surface area contributed by atoms with E-state index < -0.39 is 28.5 Å². The number of phenolic OH excluding ortho intramolecular Hbond substituents is 1. The molecule has 8 nitrogen and oxygen atoms in total. The highest BCUT2D eigenvalue weighted by Gasteiger charge is 2.22. The summed E-state index contributed by atoms with van der Waals surface area (Å²) in [5.74, 6) is -1.62. The van der Waals surface area contributed by atoms with Gasteiger partial charge in [-0.1, -0.05) is 0 Å². The third-order valence-corrected chi connectivity index (χ3v) is 2.31. The van der Waals surface area contributed by atoms with Gasteiger partial charge < -0.3 is 16.2 Å². The number of carbonyl (C=O) groups is 2. The molecule has 0 heterocycles. The smallest absolute Gasteiger partial charge is 0.282 e. The molecule has 19 heavy (non-hydrogen) atoms. The van der Waals surface area contributed by atoms with Crippen LogP contribution in [-0.2, 0) is 4.79 Å². The molecule has 0 aliphatic carbocycles. The van der Waals surface area contributed by atoms with Crippen LogP contribution in [0.5, 0.6) is 5.75 Å². The van der Waals surface area contributed by atoms with Crippen molar-refractivity contribution in [2.75, 3.05) is 0 Å². The number of nitro groups is 1. The van der Waals surface area contributed by atoms with E-state index >= 15 is 0 Å². The van der Waals surface area contributed by atoms with Gasteiger partial charge in [0.1, 0.15) is 11.3 Å². The van der Waals surface area contributed by atoms with E-state index in [1.54, 1.807) is 0 Å². The van der Waals surface area contributed by atoms with Gasteiger partial charge in [0, 0.05) is 18.5 Å². The van der Waals surface area contributed by atoms with Gasteiger partial charge in [0.05, 0.1) is 4.92 Å². The number of rotatable bonds is 5. The summed E-state index contributed by atoms with van der Waals surface area (Å²) in [7, 11) is 0. The summed E-state index contributed by atoms with van der Waals surface area (Å²) in [6.07, 6.45) is -0.0850.